The number of carbonyl (C=O) groups excluding carboxylic acids is 1. The van der Waals surface area contributed by atoms with Crippen LogP contribution in [0.5, 0.6) is 0 Å². The van der Waals surface area contributed by atoms with Crippen LogP contribution in [0, 0.1) is 0 Å². The number of thiophene rings is 1. The molecule has 0 aliphatic carbocycles. The lowest BCUT2D eigenvalue weighted by Gasteiger charge is -2.18. The Morgan fingerprint density at radius 3 is 2.74 bits per heavy atom. The number of methoxy groups -OCH3 is 1. The minimum atomic E-state index is -0.438. The Balaban J connectivity index is 2.44. The summed E-state index contributed by atoms with van der Waals surface area (Å²) >= 11 is 1.52. The molecule has 0 aliphatic rings. The number of hydrogen-bond acceptors (Lipinski definition) is 4. The van der Waals surface area contributed by atoms with E-state index in [0.717, 1.165) is 19.3 Å². The van der Waals surface area contributed by atoms with Crippen molar-refractivity contribution < 1.29 is 14.3 Å². The van der Waals surface area contributed by atoms with Gasteiger partial charge in [0, 0.05) is 4.88 Å². The molecule has 1 aromatic rings. The second-order valence-electron chi connectivity index (χ2n) is 5.27. The number of rotatable bonds is 6. The fraction of sp³-hybridized carbons (Fsp3) is 0.533. The number of carbonyl (C=O) groups is 1. The molecule has 4 heteroatoms. The fourth-order valence-electron chi connectivity index (χ4n) is 1.51. The molecular weight excluding hydrogens is 260 g/mol. The number of hydrogen-bond donors (Lipinski definition) is 0. The Kier molecular flexibility index (Phi) is 6.09. The highest BCUT2D eigenvalue weighted by Gasteiger charge is 2.19. The van der Waals surface area contributed by atoms with Gasteiger partial charge in [-0.25, -0.2) is 4.79 Å². The summed E-state index contributed by atoms with van der Waals surface area (Å²) in [6.07, 6.45) is 6.70. The maximum Gasteiger partial charge on any atom is 0.348 e. The molecule has 0 saturated carbocycles. The smallest absolute Gasteiger partial charge is 0.348 e. The van der Waals surface area contributed by atoms with E-state index >= 15 is 0 Å². The third-order valence-electron chi connectivity index (χ3n) is 2.29. The highest BCUT2D eigenvalue weighted by molar-refractivity contribution is 7.13. The van der Waals surface area contributed by atoms with Gasteiger partial charge in [0.1, 0.15) is 10.5 Å². The zero-order valence-electron chi connectivity index (χ0n) is 12.1. The van der Waals surface area contributed by atoms with Crippen molar-refractivity contribution in [1.29, 1.82) is 0 Å². The molecule has 106 valence electrons. The van der Waals surface area contributed by atoms with Gasteiger partial charge >= 0.3 is 5.97 Å². The molecule has 0 aromatic carbocycles. The molecule has 0 atom stereocenters. The van der Waals surface area contributed by atoms with Crippen LogP contribution in [0.2, 0.25) is 0 Å². The van der Waals surface area contributed by atoms with Gasteiger partial charge in [0.05, 0.1) is 13.4 Å². The van der Waals surface area contributed by atoms with Crippen LogP contribution >= 0.6 is 11.3 Å². The molecule has 1 aromatic heterocycles. The van der Waals surface area contributed by atoms with Gasteiger partial charge in [-0.15, -0.1) is 11.3 Å². The van der Waals surface area contributed by atoms with Gasteiger partial charge < -0.3 is 9.47 Å². The van der Waals surface area contributed by atoms with Crippen LogP contribution < -0.4 is 0 Å². The Hall–Kier alpha value is -1.29. The van der Waals surface area contributed by atoms with Gasteiger partial charge in [0.15, 0.2) is 0 Å². The van der Waals surface area contributed by atoms with Gasteiger partial charge in [-0.3, -0.25) is 0 Å². The third-order valence-corrected chi connectivity index (χ3v) is 3.41. The highest BCUT2D eigenvalue weighted by Crippen LogP contribution is 2.21. The first-order valence-corrected chi connectivity index (χ1v) is 7.24. The maximum absolute atomic E-state index is 11.8. The number of aryl methyl sites for hydroxylation is 1. The minimum Gasteiger partial charge on any atom is -0.505 e. The topological polar surface area (TPSA) is 35.5 Å². The lowest BCUT2D eigenvalue weighted by atomic mass is 10.2. The Morgan fingerprint density at radius 2 is 2.11 bits per heavy atom. The van der Waals surface area contributed by atoms with Crippen molar-refractivity contribution >= 4 is 17.3 Å². The molecule has 0 radical (unpaired) electrons. The molecule has 1 heterocycles. The summed E-state index contributed by atoms with van der Waals surface area (Å²) < 4.78 is 10.2. The quantitative estimate of drug-likeness (QED) is 0.446. The summed E-state index contributed by atoms with van der Waals surface area (Å²) in [5.74, 6) is -0.233. The molecule has 0 N–H and O–H groups in total. The first-order valence-electron chi connectivity index (χ1n) is 6.42. The van der Waals surface area contributed by atoms with Crippen molar-refractivity contribution in [2.75, 3.05) is 7.11 Å². The highest BCUT2D eigenvalue weighted by atomic mass is 32.1. The summed E-state index contributed by atoms with van der Waals surface area (Å²) in [4.78, 5) is 13.7. The van der Waals surface area contributed by atoms with E-state index in [-0.39, 0.29) is 5.97 Å². The lowest BCUT2D eigenvalue weighted by molar-refractivity contribution is 0.00752. The van der Waals surface area contributed by atoms with Crippen molar-refractivity contribution in [2.45, 2.75) is 45.6 Å². The molecule has 0 amide bonds. The predicted molar refractivity (Wildman–Crippen MR) is 78.6 cm³/mol. The molecule has 0 fully saturated rings. The van der Waals surface area contributed by atoms with E-state index in [1.54, 1.807) is 13.4 Å². The molecule has 1 rings (SSSR count). The molecular formula is C15H22O3S. The van der Waals surface area contributed by atoms with Gasteiger partial charge in [-0.05, 0) is 58.2 Å². The zero-order valence-corrected chi connectivity index (χ0v) is 12.9. The van der Waals surface area contributed by atoms with E-state index in [1.807, 2.05) is 39.0 Å². The first-order chi connectivity index (χ1) is 8.92. The number of esters is 1. The predicted octanol–water partition coefficient (Wildman–Crippen LogP) is 4.19. The van der Waals surface area contributed by atoms with Gasteiger partial charge in [0.2, 0.25) is 0 Å². The van der Waals surface area contributed by atoms with Crippen LogP contribution in [-0.2, 0) is 15.9 Å². The number of ether oxygens (including phenoxy) is 2. The zero-order chi connectivity index (χ0) is 14.3. The fourth-order valence-corrected chi connectivity index (χ4v) is 2.43. The summed E-state index contributed by atoms with van der Waals surface area (Å²) in [6, 6.07) is 3.85. The average Bonchev–Trinajstić information content (AvgIpc) is 2.75. The van der Waals surface area contributed by atoms with Gasteiger partial charge in [-0.2, -0.15) is 0 Å². The van der Waals surface area contributed by atoms with Crippen molar-refractivity contribution in [3.63, 3.8) is 0 Å². The molecule has 19 heavy (non-hydrogen) atoms. The van der Waals surface area contributed by atoms with Crippen molar-refractivity contribution in [1.82, 2.24) is 0 Å². The van der Waals surface area contributed by atoms with Crippen LogP contribution in [0.4, 0.5) is 0 Å². The molecule has 0 unspecified atom stereocenters. The number of unbranched alkanes of at least 4 members (excludes halogenated alkanes) is 1. The van der Waals surface area contributed by atoms with Crippen LogP contribution in [0.25, 0.3) is 0 Å². The third kappa shape index (κ3) is 6.43. The standard InChI is InChI=1S/C15H22O3S/c1-15(2,3)18-14(16)13-10-9-12(19-13)8-6-5-7-11-17-4/h7,9-11H,5-6,8H2,1-4H3/b11-7+. The summed E-state index contributed by atoms with van der Waals surface area (Å²) in [5, 5.41) is 0. The average molecular weight is 282 g/mol. The van der Waals surface area contributed by atoms with Crippen molar-refractivity contribution in [2.24, 2.45) is 0 Å². The first kappa shape index (κ1) is 15.8. The van der Waals surface area contributed by atoms with E-state index in [9.17, 15) is 4.79 Å². The summed E-state index contributed by atoms with van der Waals surface area (Å²) in [7, 11) is 1.64. The Bertz CT molecular complexity index is 427. The molecule has 0 saturated heterocycles. The number of allylic oxidation sites excluding steroid dienone is 1. The molecule has 0 spiro atoms. The van der Waals surface area contributed by atoms with Crippen LogP contribution in [0.15, 0.2) is 24.5 Å². The van der Waals surface area contributed by atoms with Crippen LogP contribution in [0.3, 0.4) is 0 Å². The lowest BCUT2D eigenvalue weighted by Crippen LogP contribution is -2.23. The van der Waals surface area contributed by atoms with E-state index < -0.39 is 5.60 Å². The second kappa shape index (κ2) is 7.34. The Labute approximate surface area is 119 Å². The van der Waals surface area contributed by atoms with E-state index in [2.05, 4.69) is 0 Å². The normalized spacial score (nSPS) is 11.8. The Morgan fingerprint density at radius 1 is 1.37 bits per heavy atom. The van der Waals surface area contributed by atoms with Crippen LogP contribution in [-0.4, -0.2) is 18.7 Å². The molecule has 0 bridgehead atoms. The van der Waals surface area contributed by atoms with Crippen LogP contribution in [0.1, 0.15) is 48.2 Å². The molecule has 3 nitrogen and oxygen atoms in total. The van der Waals surface area contributed by atoms with Gasteiger partial charge in [0.25, 0.3) is 0 Å². The molecule has 0 aliphatic heterocycles. The minimum absolute atomic E-state index is 0.233. The van der Waals surface area contributed by atoms with E-state index in [1.165, 1.54) is 16.2 Å². The maximum atomic E-state index is 11.8. The summed E-state index contributed by atoms with van der Waals surface area (Å²) in [6.45, 7) is 5.63. The SMILES string of the molecule is CO/C=C/CCCc1ccc(C(=O)OC(C)(C)C)s1. The van der Waals surface area contributed by atoms with E-state index in [0.29, 0.717) is 4.88 Å². The summed E-state index contributed by atoms with van der Waals surface area (Å²) in [5.41, 5.74) is -0.438. The van der Waals surface area contributed by atoms with Crippen molar-refractivity contribution in [3.8, 4) is 0 Å². The monoisotopic (exact) mass is 282 g/mol. The van der Waals surface area contributed by atoms with Gasteiger partial charge in [-0.1, -0.05) is 0 Å². The van der Waals surface area contributed by atoms with Crippen molar-refractivity contribution in [3.05, 3.63) is 34.2 Å². The largest absolute Gasteiger partial charge is 0.505 e. The van der Waals surface area contributed by atoms with E-state index in [4.69, 9.17) is 9.47 Å². The second-order valence-corrected chi connectivity index (χ2v) is 6.44.